The first-order valence-electron chi connectivity index (χ1n) is 7.28. The minimum atomic E-state index is -0.492. The average molecular weight is 338 g/mol. The van der Waals surface area contributed by atoms with Crippen LogP contribution < -0.4 is 0 Å². The van der Waals surface area contributed by atoms with Gasteiger partial charge in [-0.25, -0.2) is 4.79 Å². The lowest BCUT2D eigenvalue weighted by Crippen LogP contribution is -2.41. The van der Waals surface area contributed by atoms with E-state index >= 15 is 0 Å². The fourth-order valence-corrected chi connectivity index (χ4v) is 4.24. The Labute approximate surface area is 137 Å². The molecule has 0 aliphatic carbocycles. The molecule has 0 N–H and O–H groups in total. The molecule has 3 rings (SSSR count). The molecule has 1 aromatic carbocycles. The van der Waals surface area contributed by atoms with E-state index in [-0.39, 0.29) is 11.9 Å². The summed E-state index contributed by atoms with van der Waals surface area (Å²) in [6.07, 6.45) is 1.45. The van der Waals surface area contributed by atoms with Crippen molar-refractivity contribution in [3.05, 3.63) is 34.2 Å². The minimum absolute atomic E-state index is 0.179. The van der Waals surface area contributed by atoms with Crippen LogP contribution in [-0.2, 0) is 9.53 Å². The number of esters is 1. The minimum Gasteiger partial charge on any atom is -0.464 e. The number of hydrogen-bond acceptors (Lipinski definition) is 4. The summed E-state index contributed by atoms with van der Waals surface area (Å²) < 4.78 is 6.04. The molecule has 116 valence electrons. The molecule has 1 aliphatic heterocycles. The summed E-state index contributed by atoms with van der Waals surface area (Å²) in [6.45, 7) is 2.65. The Morgan fingerprint density at radius 1 is 1.41 bits per heavy atom. The fraction of sp³-hybridized carbons (Fsp3) is 0.375. The van der Waals surface area contributed by atoms with Crippen LogP contribution >= 0.6 is 22.9 Å². The highest BCUT2D eigenvalue weighted by Gasteiger charge is 2.37. The molecule has 2 heterocycles. The number of thiophene rings is 1. The van der Waals surface area contributed by atoms with E-state index in [0.29, 0.717) is 29.5 Å². The first-order valence-corrected chi connectivity index (χ1v) is 8.47. The molecule has 0 unspecified atom stereocenters. The Kier molecular flexibility index (Phi) is 4.36. The molecule has 1 amide bonds. The van der Waals surface area contributed by atoms with Gasteiger partial charge in [-0.2, -0.15) is 0 Å². The third kappa shape index (κ3) is 2.59. The van der Waals surface area contributed by atoms with E-state index in [4.69, 9.17) is 16.3 Å². The van der Waals surface area contributed by atoms with Gasteiger partial charge in [-0.05, 0) is 25.8 Å². The van der Waals surface area contributed by atoms with E-state index in [9.17, 15) is 9.59 Å². The number of amides is 1. The fourth-order valence-electron chi connectivity index (χ4n) is 2.78. The first-order chi connectivity index (χ1) is 10.6. The van der Waals surface area contributed by atoms with Crippen LogP contribution in [0, 0.1) is 0 Å². The zero-order valence-corrected chi connectivity index (χ0v) is 13.7. The van der Waals surface area contributed by atoms with Gasteiger partial charge in [-0.1, -0.05) is 29.8 Å². The number of benzene rings is 1. The lowest BCUT2D eigenvalue weighted by molar-refractivity contribution is -0.147. The summed E-state index contributed by atoms with van der Waals surface area (Å²) in [5.41, 5.74) is 0. The smallest absolute Gasteiger partial charge is 0.328 e. The second kappa shape index (κ2) is 6.26. The summed E-state index contributed by atoms with van der Waals surface area (Å²) in [4.78, 5) is 26.9. The molecule has 1 aromatic heterocycles. The number of carbonyl (C=O) groups excluding carboxylic acids is 2. The topological polar surface area (TPSA) is 46.6 Å². The van der Waals surface area contributed by atoms with Crippen molar-refractivity contribution in [2.24, 2.45) is 0 Å². The largest absolute Gasteiger partial charge is 0.464 e. The van der Waals surface area contributed by atoms with Crippen molar-refractivity contribution in [2.75, 3.05) is 13.2 Å². The highest BCUT2D eigenvalue weighted by molar-refractivity contribution is 7.21. The van der Waals surface area contributed by atoms with Gasteiger partial charge in [0.2, 0.25) is 0 Å². The van der Waals surface area contributed by atoms with Crippen molar-refractivity contribution >= 4 is 44.9 Å². The van der Waals surface area contributed by atoms with Crippen LogP contribution in [0.5, 0.6) is 0 Å². The Bertz CT molecular complexity index is 727. The van der Waals surface area contributed by atoms with Gasteiger partial charge >= 0.3 is 5.97 Å². The summed E-state index contributed by atoms with van der Waals surface area (Å²) in [7, 11) is 0. The lowest BCUT2D eigenvalue weighted by atomic mass is 10.2. The molecule has 0 radical (unpaired) electrons. The zero-order valence-electron chi connectivity index (χ0n) is 12.2. The van der Waals surface area contributed by atoms with Gasteiger partial charge in [-0.3, -0.25) is 4.79 Å². The Morgan fingerprint density at radius 3 is 2.91 bits per heavy atom. The van der Waals surface area contributed by atoms with Crippen LogP contribution in [0.1, 0.15) is 29.4 Å². The lowest BCUT2D eigenvalue weighted by Gasteiger charge is -2.22. The summed E-state index contributed by atoms with van der Waals surface area (Å²) in [5, 5.41) is 1.35. The summed E-state index contributed by atoms with van der Waals surface area (Å²) in [5.74, 6) is -0.507. The number of halogens is 1. The molecule has 4 nitrogen and oxygen atoms in total. The van der Waals surface area contributed by atoms with Crippen LogP contribution in [0.3, 0.4) is 0 Å². The van der Waals surface area contributed by atoms with E-state index in [0.717, 1.165) is 16.5 Å². The van der Waals surface area contributed by atoms with Crippen LogP contribution in [0.15, 0.2) is 24.3 Å². The molecule has 0 saturated carbocycles. The van der Waals surface area contributed by atoms with Crippen LogP contribution in [0.25, 0.3) is 10.1 Å². The van der Waals surface area contributed by atoms with Gasteiger partial charge < -0.3 is 9.64 Å². The quantitative estimate of drug-likeness (QED) is 0.802. The normalized spacial score (nSPS) is 17.9. The van der Waals surface area contributed by atoms with Crippen molar-refractivity contribution in [1.29, 1.82) is 0 Å². The van der Waals surface area contributed by atoms with Gasteiger partial charge in [-0.15, -0.1) is 11.3 Å². The molecule has 0 bridgehead atoms. The van der Waals surface area contributed by atoms with Gasteiger partial charge in [0, 0.05) is 16.6 Å². The van der Waals surface area contributed by atoms with Crippen molar-refractivity contribution in [1.82, 2.24) is 4.90 Å². The maximum absolute atomic E-state index is 12.8. The number of ether oxygens (including phenoxy) is 1. The van der Waals surface area contributed by atoms with Crippen LogP contribution in [0.4, 0.5) is 0 Å². The molecule has 1 aliphatic rings. The number of carbonyl (C=O) groups is 2. The number of rotatable bonds is 3. The first kappa shape index (κ1) is 15.3. The number of nitrogens with zero attached hydrogens (tertiary/aromatic N) is 1. The molecule has 2 aromatic rings. The van der Waals surface area contributed by atoms with Gasteiger partial charge in [0.05, 0.1) is 11.6 Å². The maximum atomic E-state index is 12.8. The number of hydrogen-bond donors (Lipinski definition) is 0. The van der Waals surface area contributed by atoms with Crippen LogP contribution in [-0.4, -0.2) is 36.0 Å². The monoisotopic (exact) mass is 337 g/mol. The molecule has 1 saturated heterocycles. The van der Waals surface area contributed by atoms with Gasteiger partial charge in [0.25, 0.3) is 5.91 Å². The molecule has 1 atom stereocenters. The van der Waals surface area contributed by atoms with E-state index in [2.05, 4.69) is 0 Å². The van der Waals surface area contributed by atoms with Crippen molar-refractivity contribution in [3.63, 3.8) is 0 Å². The summed E-state index contributed by atoms with van der Waals surface area (Å²) in [6, 6.07) is 7.16. The second-order valence-corrected chi connectivity index (χ2v) is 6.58. The van der Waals surface area contributed by atoms with Crippen molar-refractivity contribution in [2.45, 2.75) is 25.8 Å². The average Bonchev–Trinajstić information content (AvgIpc) is 3.13. The zero-order chi connectivity index (χ0) is 15.7. The van der Waals surface area contributed by atoms with E-state index < -0.39 is 6.04 Å². The molecular formula is C16H16ClNO3S. The SMILES string of the molecule is CCOC(=O)[C@H]1CCCN1C(=O)c1sc2ccccc2c1Cl. The Morgan fingerprint density at radius 2 is 2.18 bits per heavy atom. The number of fused-ring (bicyclic) bond motifs is 1. The van der Waals surface area contributed by atoms with E-state index in [1.807, 2.05) is 24.3 Å². The van der Waals surface area contributed by atoms with Crippen LogP contribution in [0.2, 0.25) is 5.02 Å². The molecule has 0 spiro atoms. The van der Waals surface area contributed by atoms with E-state index in [1.165, 1.54) is 11.3 Å². The number of likely N-dealkylation sites (tertiary alicyclic amines) is 1. The molecule has 6 heteroatoms. The molecular weight excluding hydrogens is 322 g/mol. The van der Waals surface area contributed by atoms with Gasteiger partial charge in [0.15, 0.2) is 0 Å². The third-order valence-corrected chi connectivity index (χ3v) is 5.46. The Balaban J connectivity index is 1.91. The van der Waals surface area contributed by atoms with Crippen molar-refractivity contribution < 1.29 is 14.3 Å². The predicted molar refractivity (Wildman–Crippen MR) is 87.5 cm³/mol. The third-order valence-electron chi connectivity index (χ3n) is 3.80. The summed E-state index contributed by atoms with van der Waals surface area (Å²) >= 11 is 7.74. The molecule has 1 fully saturated rings. The predicted octanol–water partition coefficient (Wildman–Crippen LogP) is 3.72. The standard InChI is InChI=1S/C16H16ClNO3S/c1-2-21-16(20)11-7-5-9-18(11)15(19)14-13(17)10-6-3-4-8-12(10)22-14/h3-4,6,8,11H,2,5,7,9H2,1H3/t11-/m1/s1. The van der Waals surface area contributed by atoms with Crippen molar-refractivity contribution in [3.8, 4) is 0 Å². The molecule has 22 heavy (non-hydrogen) atoms. The van der Waals surface area contributed by atoms with E-state index in [1.54, 1.807) is 11.8 Å². The highest BCUT2D eigenvalue weighted by atomic mass is 35.5. The van der Waals surface area contributed by atoms with Gasteiger partial charge in [0.1, 0.15) is 10.9 Å². The highest BCUT2D eigenvalue weighted by Crippen LogP contribution is 2.37. The second-order valence-electron chi connectivity index (χ2n) is 5.15. The Hall–Kier alpha value is -1.59. The maximum Gasteiger partial charge on any atom is 0.328 e.